The van der Waals surface area contributed by atoms with Crippen LogP contribution >= 0.6 is 0 Å². The lowest BCUT2D eigenvalue weighted by Crippen LogP contribution is -2.33. The van der Waals surface area contributed by atoms with E-state index >= 15 is 0 Å². The summed E-state index contributed by atoms with van der Waals surface area (Å²) in [4.78, 5) is 14.4. The van der Waals surface area contributed by atoms with Crippen LogP contribution in [0.5, 0.6) is 5.75 Å². The summed E-state index contributed by atoms with van der Waals surface area (Å²) in [6.45, 7) is 12.2. The fourth-order valence-electron chi connectivity index (χ4n) is 2.45. The summed E-state index contributed by atoms with van der Waals surface area (Å²) in [5.41, 5.74) is 0.194. The molecule has 0 saturated carbocycles. The van der Waals surface area contributed by atoms with Crippen molar-refractivity contribution in [2.24, 2.45) is 0 Å². The van der Waals surface area contributed by atoms with Crippen LogP contribution in [-0.4, -0.2) is 56.8 Å². The van der Waals surface area contributed by atoms with E-state index in [1.54, 1.807) is 26.0 Å². The zero-order valence-corrected chi connectivity index (χ0v) is 15.9. The van der Waals surface area contributed by atoms with Crippen LogP contribution in [0.15, 0.2) is 48.4 Å². The average molecular weight is 366 g/mol. The number of ether oxygens (including phenoxy) is 1. The molecule has 0 heterocycles. The molecule has 25 heavy (non-hydrogen) atoms. The third-order valence-electron chi connectivity index (χ3n) is 3.73. The average Bonchev–Trinajstić information content (AvgIpc) is 2.61. The molecule has 0 N–H and O–H groups in total. The molecule has 0 atom stereocenters. The minimum Gasteiger partial charge on any atom is -0.496 e. The number of rotatable bonds is 10. The van der Waals surface area contributed by atoms with E-state index in [-0.39, 0.29) is 16.4 Å². The Hall–Kier alpha value is -2.12. The highest BCUT2D eigenvalue weighted by Gasteiger charge is 2.25. The zero-order valence-electron chi connectivity index (χ0n) is 15.1. The Kier molecular flexibility index (Phi) is 7.86. The van der Waals surface area contributed by atoms with Crippen LogP contribution in [0.1, 0.15) is 24.2 Å². The Labute approximate surface area is 150 Å². The fourth-order valence-corrected chi connectivity index (χ4v) is 3.93. The summed E-state index contributed by atoms with van der Waals surface area (Å²) >= 11 is 0. The molecule has 1 rings (SSSR count). The number of benzene rings is 1. The first-order valence-electron chi connectivity index (χ1n) is 8.06. The molecule has 7 heteroatoms. The number of nitrogens with zero attached hydrogens (tertiary/aromatic N) is 2. The predicted molar refractivity (Wildman–Crippen MR) is 99.4 cm³/mol. The first-order valence-corrected chi connectivity index (χ1v) is 9.50. The van der Waals surface area contributed by atoms with Crippen molar-refractivity contribution in [1.29, 1.82) is 0 Å². The van der Waals surface area contributed by atoms with Crippen molar-refractivity contribution in [3.63, 3.8) is 0 Å². The number of carbonyl (C=O) groups excluding carboxylic acids is 1. The van der Waals surface area contributed by atoms with E-state index in [0.29, 0.717) is 31.9 Å². The molecule has 0 fully saturated rings. The van der Waals surface area contributed by atoms with Crippen molar-refractivity contribution >= 4 is 15.9 Å². The lowest BCUT2D eigenvalue weighted by molar-refractivity contribution is 0.0787. The van der Waals surface area contributed by atoms with E-state index in [9.17, 15) is 13.2 Å². The van der Waals surface area contributed by atoms with Gasteiger partial charge in [0.25, 0.3) is 5.91 Å². The Morgan fingerprint density at radius 3 is 2.16 bits per heavy atom. The van der Waals surface area contributed by atoms with Crippen LogP contribution in [0.25, 0.3) is 0 Å². The SMILES string of the molecule is C=CCN(CC=C)C(=O)c1cc(S(=O)(=O)N(CC)CC)ccc1OC. The van der Waals surface area contributed by atoms with Gasteiger partial charge >= 0.3 is 0 Å². The van der Waals surface area contributed by atoms with Crippen LogP contribution in [-0.2, 0) is 10.0 Å². The van der Waals surface area contributed by atoms with E-state index in [1.807, 2.05) is 0 Å². The Morgan fingerprint density at radius 2 is 1.72 bits per heavy atom. The first kappa shape index (κ1) is 20.9. The van der Waals surface area contributed by atoms with Gasteiger partial charge in [-0.2, -0.15) is 4.31 Å². The fraction of sp³-hybridized carbons (Fsp3) is 0.389. The molecule has 0 aliphatic heterocycles. The van der Waals surface area contributed by atoms with Gasteiger partial charge in [-0.3, -0.25) is 4.79 Å². The van der Waals surface area contributed by atoms with Crippen LogP contribution in [0.3, 0.4) is 0 Å². The van der Waals surface area contributed by atoms with Crippen LogP contribution < -0.4 is 4.74 Å². The topological polar surface area (TPSA) is 66.9 Å². The molecule has 1 aromatic rings. The maximum Gasteiger partial charge on any atom is 0.258 e. The normalized spacial score (nSPS) is 11.2. The summed E-state index contributed by atoms with van der Waals surface area (Å²) in [5.74, 6) is -0.0186. The highest BCUT2D eigenvalue weighted by Crippen LogP contribution is 2.26. The van der Waals surface area contributed by atoms with Gasteiger partial charge in [0.15, 0.2) is 0 Å². The highest BCUT2D eigenvalue weighted by molar-refractivity contribution is 7.89. The van der Waals surface area contributed by atoms with Crippen LogP contribution in [0, 0.1) is 0 Å². The molecule has 0 radical (unpaired) electrons. The van der Waals surface area contributed by atoms with Gasteiger partial charge in [-0.15, -0.1) is 13.2 Å². The Balaban J connectivity index is 3.42. The molecule has 0 unspecified atom stereocenters. The summed E-state index contributed by atoms with van der Waals surface area (Å²) in [6.07, 6.45) is 3.20. The minimum atomic E-state index is -3.67. The smallest absolute Gasteiger partial charge is 0.258 e. The van der Waals surface area contributed by atoms with Crippen molar-refractivity contribution in [2.75, 3.05) is 33.3 Å². The summed E-state index contributed by atoms with van der Waals surface area (Å²) in [6, 6.07) is 4.33. The second-order valence-electron chi connectivity index (χ2n) is 5.24. The Morgan fingerprint density at radius 1 is 1.16 bits per heavy atom. The second kappa shape index (κ2) is 9.39. The van der Waals surface area contributed by atoms with E-state index in [0.717, 1.165) is 0 Å². The quantitative estimate of drug-likeness (QED) is 0.597. The number of amides is 1. The van der Waals surface area contributed by atoms with Crippen molar-refractivity contribution in [3.05, 3.63) is 49.1 Å². The monoisotopic (exact) mass is 366 g/mol. The van der Waals surface area contributed by atoms with E-state index in [1.165, 1.54) is 34.5 Å². The maximum absolute atomic E-state index is 12.8. The predicted octanol–water partition coefficient (Wildman–Crippen LogP) is 2.54. The van der Waals surface area contributed by atoms with Crippen LogP contribution in [0.4, 0.5) is 0 Å². The Bertz CT molecular complexity index is 715. The van der Waals surface area contributed by atoms with Crippen molar-refractivity contribution in [1.82, 2.24) is 9.21 Å². The van der Waals surface area contributed by atoms with E-state index in [2.05, 4.69) is 13.2 Å². The van der Waals surface area contributed by atoms with E-state index < -0.39 is 10.0 Å². The first-order chi connectivity index (χ1) is 11.9. The number of hydrogen-bond acceptors (Lipinski definition) is 4. The van der Waals surface area contributed by atoms with Crippen molar-refractivity contribution < 1.29 is 17.9 Å². The van der Waals surface area contributed by atoms with Gasteiger partial charge in [-0.1, -0.05) is 26.0 Å². The van der Waals surface area contributed by atoms with Crippen molar-refractivity contribution in [3.8, 4) is 5.75 Å². The number of sulfonamides is 1. The van der Waals surface area contributed by atoms with Gasteiger partial charge in [0.2, 0.25) is 10.0 Å². The molecule has 1 aromatic carbocycles. The van der Waals surface area contributed by atoms with Gasteiger partial charge in [-0.05, 0) is 18.2 Å². The maximum atomic E-state index is 12.8. The number of carbonyl (C=O) groups is 1. The molecule has 0 aromatic heterocycles. The molecule has 0 bridgehead atoms. The molecular formula is C18H26N2O4S. The number of methoxy groups -OCH3 is 1. The van der Waals surface area contributed by atoms with Gasteiger partial charge in [-0.25, -0.2) is 8.42 Å². The minimum absolute atomic E-state index is 0.0671. The summed E-state index contributed by atoms with van der Waals surface area (Å²) in [7, 11) is -2.23. The lowest BCUT2D eigenvalue weighted by atomic mass is 10.1. The molecular weight excluding hydrogens is 340 g/mol. The highest BCUT2D eigenvalue weighted by atomic mass is 32.2. The zero-order chi connectivity index (χ0) is 19.0. The molecule has 6 nitrogen and oxygen atoms in total. The summed E-state index contributed by atoms with van der Waals surface area (Å²) in [5, 5.41) is 0. The molecule has 138 valence electrons. The second-order valence-corrected chi connectivity index (χ2v) is 7.18. The van der Waals surface area contributed by atoms with E-state index in [4.69, 9.17) is 4.74 Å². The number of hydrogen-bond donors (Lipinski definition) is 0. The standard InChI is InChI=1S/C18H26N2O4S/c1-6-12-19(13-7-2)18(21)16-14-15(10-11-17(16)24-5)25(22,23)20(8-3)9-4/h6-7,10-11,14H,1-2,8-9,12-13H2,3-5H3. The van der Waals surface area contributed by atoms with Gasteiger partial charge in [0, 0.05) is 26.2 Å². The summed E-state index contributed by atoms with van der Waals surface area (Å²) < 4.78 is 32.0. The third-order valence-corrected chi connectivity index (χ3v) is 5.78. The molecule has 0 spiro atoms. The van der Waals surface area contributed by atoms with Gasteiger partial charge < -0.3 is 9.64 Å². The van der Waals surface area contributed by atoms with Crippen molar-refractivity contribution in [2.45, 2.75) is 18.7 Å². The largest absolute Gasteiger partial charge is 0.496 e. The molecule has 0 saturated heterocycles. The molecule has 0 aliphatic carbocycles. The van der Waals surface area contributed by atoms with Gasteiger partial charge in [0.05, 0.1) is 17.6 Å². The van der Waals surface area contributed by atoms with Crippen LogP contribution in [0.2, 0.25) is 0 Å². The third kappa shape index (κ3) is 4.70. The molecule has 1 amide bonds. The lowest BCUT2D eigenvalue weighted by Gasteiger charge is -2.22. The van der Waals surface area contributed by atoms with Gasteiger partial charge in [0.1, 0.15) is 5.75 Å². The molecule has 0 aliphatic rings.